The van der Waals surface area contributed by atoms with Crippen LogP contribution >= 0.6 is 11.6 Å². The lowest BCUT2D eigenvalue weighted by Gasteiger charge is -2.11. The molecule has 1 atom stereocenters. The van der Waals surface area contributed by atoms with E-state index in [1.807, 2.05) is 19.9 Å². The molecule has 0 aliphatic heterocycles. The molecule has 1 rings (SSSR count). The zero-order chi connectivity index (χ0) is 16.0. The van der Waals surface area contributed by atoms with Gasteiger partial charge in [0.2, 0.25) is 0 Å². The number of hydrogen-bond donors (Lipinski definition) is 2. The standard InChI is InChI=1S/C15H17ClN2O3/c1-4-9(2)18-15(20)11(8-17)5-10-6-12(16)14(19)13(7-10)21-3/h5-7,9,19H,4H2,1-3H3,(H,18,20)/b11-5+/t9-/m0/s1. The molecular formula is C15H17ClN2O3. The molecule has 0 saturated heterocycles. The van der Waals surface area contributed by atoms with E-state index in [2.05, 4.69) is 5.32 Å². The summed E-state index contributed by atoms with van der Waals surface area (Å²) >= 11 is 5.87. The van der Waals surface area contributed by atoms with Gasteiger partial charge in [0.1, 0.15) is 11.6 Å². The van der Waals surface area contributed by atoms with Gasteiger partial charge >= 0.3 is 0 Å². The van der Waals surface area contributed by atoms with Crippen molar-refractivity contribution in [2.75, 3.05) is 7.11 Å². The molecular weight excluding hydrogens is 292 g/mol. The molecule has 0 aliphatic rings. The zero-order valence-corrected chi connectivity index (χ0v) is 12.9. The van der Waals surface area contributed by atoms with Crippen LogP contribution in [-0.4, -0.2) is 24.2 Å². The minimum atomic E-state index is -0.449. The van der Waals surface area contributed by atoms with Crippen molar-refractivity contribution in [2.45, 2.75) is 26.3 Å². The highest BCUT2D eigenvalue weighted by Crippen LogP contribution is 2.35. The molecule has 1 aromatic carbocycles. The largest absolute Gasteiger partial charge is 0.503 e. The Morgan fingerprint density at radius 1 is 1.62 bits per heavy atom. The predicted molar refractivity (Wildman–Crippen MR) is 81.2 cm³/mol. The number of nitrogens with one attached hydrogen (secondary N) is 1. The topological polar surface area (TPSA) is 82.4 Å². The Morgan fingerprint density at radius 3 is 2.81 bits per heavy atom. The van der Waals surface area contributed by atoms with Gasteiger partial charge < -0.3 is 15.2 Å². The number of nitriles is 1. The van der Waals surface area contributed by atoms with Crippen LogP contribution in [0.4, 0.5) is 0 Å². The molecule has 0 spiro atoms. The van der Waals surface area contributed by atoms with Gasteiger partial charge in [-0.3, -0.25) is 4.79 Å². The number of carbonyl (C=O) groups is 1. The summed E-state index contributed by atoms with van der Waals surface area (Å²) < 4.78 is 4.98. The molecule has 0 saturated carbocycles. The van der Waals surface area contributed by atoms with Crippen LogP contribution in [0.15, 0.2) is 17.7 Å². The van der Waals surface area contributed by atoms with Gasteiger partial charge in [-0.1, -0.05) is 18.5 Å². The Balaban J connectivity index is 3.12. The lowest BCUT2D eigenvalue weighted by Crippen LogP contribution is -2.32. The summed E-state index contributed by atoms with van der Waals surface area (Å²) in [5, 5.41) is 21.5. The summed E-state index contributed by atoms with van der Waals surface area (Å²) in [5.74, 6) is -0.456. The van der Waals surface area contributed by atoms with E-state index in [1.54, 1.807) is 0 Å². The van der Waals surface area contributed by atoms with Crippen molar-refractivity contribution in [3.8, 4) is 17.6 Å². The number of rotatable bonds is 5. The minimum absolute atomic E-state index is 0.0211. The second kappa shape index (κ2) is 7.55. The summed E-state index contributed by atoms with van der Waals surface area (Å²) in [6.45, 7) is 3.79. The molecule has 0 fully saturated rings. The Morgan fingerprint density at radius 2 is 2.29 bits per heavy atom. The SMILES string of the molecule is CC[C@H](C)NC(=O)/C(C#N)=C/c1cc(Cl)c(O)c(OC)c1. The molecule has 2 N–H and O–H groups in total. The van der Waals surface area contributed by atoms with E-state index in [0.717, 1.165) is 6.42 Å². The molecule has 6 heteroatoms. The average Bonchev–Trinajstić information content (AvgIpc) is 2.47. The van der Waals surface area contributed by atoms with Gasteiger partial charge in [-0.25, -0.2) is 0 Å². The molecule has 112 valence electrons. The first-order valence-corrected chi connectivity index (χ1v) is 6.79. The van der Waals surface area contributed by atoms with Crippen molar-refractivity contribution in [3.63, 3.8) is 0 Å². The molecule has 0 radical (unpaired) electrons. The van der Waals surface area contributed by atoms with Crippen LogP contribution in [0, 0.1) is 11.3 Å². The number of carbonyl (C=O) groups excluding carboxylic acids is 1. The monoisotopic (exact) mass is 308 g/mol. The maximum Gasteiger partial charge on any atom is 0.262 e. The van der Waals surface area contributed by atoms with E-state index >= 15 is 0 Å². The summed E-state index contributed by atoms with van der Waals surface area (Å²) in [5.41, 5.74) is 0.449. The maximum absolute atomic E-state index is 11.9. The number of phenolic OH excluding ortho intramolecular Hbond substituents is 1. The fourth-order valence-corrected chi connectivity index (χ4v) is 1.77. The molecule has 0 aromatic heterocycles. The van der Waals surface area contributed by atoms with Crippen LogP contribution < -0.4 is 10.1 Å². The highest BCUT2D eigenvalue weighted by atomic mass is 35.5. The Hall–Kier alpha value is -2.19. The third-order valence-electron chi connectivity index (χ3n) is 2.94. The van der Waals surface area contributed by atoms with Crippen LogP contribution in [0.1, 0.15) is 25.8 Å². The van der Waals surface area contributed by atoms with Crippen LogP contribution in [0.5, 0.6) is 11.5 Å². The van der Waals surface area contributed by atoms with Gasteiger partial charge in [-0.15, -0.1) is 0 Å². The first kappa shape index (κ1) is 16.9. The first-order valence-electron chi connectivity index (χ1n) is 6.42. The van der Waals surface area contributed by atoms with Crippen LogP contribution in [-0.2, 0) is 4.79 Å². The number of methoxy groups -OCH3 is 1. The van der Waals surface area contributed by atoms with E-state index in [4.69, 9.17) is 21.6 Å². The van der Waals surface area contributed by atoms with Crippen molar-refractivity contribution < 1.29 is 14.6 Å². The smallest absolute Gasteiger partial charge is 0.262 e. The van der Waals surface area contributed by atoms with Crippen LogP contribution in [0.25, 0.3) is 6.08 Å². The fourth-order valence-electron chi connectivity index (χ4n) is 1.55. The number of nitrogens with zero attached hydrogens (tertiary/aromatic N) is 1. The Bertz CT molecular complexity index is 606. The van der Waals surface area contributed by atoms with E-state index in [9.17, 15) is 9.90 Å². The van der Waals surface area contributed by atoms with E-state index in [0.29, 0.717) is 5.56 Å². The van der Waals surface area contributed by atoms with Gasteiger partial charge in [0.05, 0.1) is 12.1 Å². The number of amides is 1. The number of benzene rings is 1. The van der Waals surface area contributed by atoms with Crippen molar-refractivity contribution >= 4 is 23.6 Å². The quantitative estimate of drug-likeness (QED) is 0.647. The molecule has 0 bridgehead atoms. The molecule has 1 aromatic rings. The number of halogens is 1. The minimum Gasteiger partial charge on any atom is -0.503 e. The summed E-state index contributed by atoms with van der Waals surface area (Å²) in [6.07, 6.45) is 2.16. The summed E-state index contributed by atoms with van der Waals surface area (Å²) in [4.78, 5) is 11.9. The van der Waals surface area contributed by atoms with Crippen molar-refractivity contribution in [3.05, 3.63) is 28.3 Å². The lowest BCUT2D eigenvalue weighted by molar-refractivity contribution is -0.117. The normalized spacial score (nSPS) is 12.4. The highest BCUT2D eigenvalue weighted by molar-refractivity contribution is 6.32. The third kappa shape index (κ3) is 4.40. The number of hydrogen-bond acceptors (Lipinski definition) is 4. The van der Waals surface area contributed by atoms with Gasteiger partial charge in [0.15, 0.2) is 11.5 Å². The van der Waals surface area contributed by atoms with Crippen LogP contribution in [0.3, 0.4) is 0 Å². The van der Waals surface area contributed by atoms with Gasteiger partial charge in [0.25, 0.3) is 5.91 Å². The van der Waals surface area contributed by atoms with Crippen molar-refractivity contribution in [1.82, 2.24) is 5.32 Å². The second-order valence-corrected chi connectivity index (χ2v) is 4.91. The molecule has 1 amide bonds. The molecule has 0 unspecified atom stereocenters. The number of phenols is 1. The van der Waals surface area contributed by atoms with Gasteiger partial charge in [-0.05, 0) is 37.1 Å². The van der Waals surface area contributed by atoms with Crippen LogP contribution in [0.2, 0.25) is 5.02 Å². The number of aromatic hydroxyl groups is 1. The zero-order valence-electron chi connectivity index (χ0n) is 12.1. The lowest BCUT2D eigenvalue weighted by atomic mass is 10.1. The Labute approximate surface area is 128 Å². The Kier molecular flexibility index (Phi) is 6.07. The van der Waals surface area contributed by atoms with Gasteiger partial charge in [0, 0.05) is 6.04 Å². The summed E-state index contributed by atoms with van der Waals surface area (Å²) in [6, 6.07) is 4.78. The predicted octanol–water partition coefficient (Wildman–Crippen LogP) is 2.88. The number of ether oxygens (including phenoxy) is 1. The highest BCUT2D eigenvalue weighted by Gasteiger charge is 2.13. The summed E-state index contributed by atoms with van der Waals surface area (Å²) in [7, 11) is 1.39. The van der Waals surface area contributed by atoms with Gasteiger partial charge in [-0.2, -0.15) is 5.26 Å². The first-order chi connectivity index (χ1) is 9.92. The molecule has 0 aliphatic carbocycles. The second-order valence-electron chi connectivity index (χ2n) is 4.51. The van der Waals surface area contributed by atoms with Crippen molar-refractivity contribution in [2.24, 2.45) is 0 Å². The van der Waals surface area contributed by atoms with E-state index < -0.39 is 5.91 Å². The fraction of sp³-hybridized carbons (Fsp3) is 0.333. The van der Waals surface area contributed by atoms with E-state index in [-0.39, 0.29) is 28.1 Å². The van der Waals surface area contributed by atoms with E-state index in [1.165, 1.54) is 25.3 Å². The molecule has 5 nitrogen and oxygen atoms in total. The molecule has 0 heterocycles. The maximum atomic E-state index is 11.9. The van der Waals surface area contributed by atoms with Crippen molar-refractivity contribution in [1.29, 1.82) is 5.26 Å². The average molecular weight is 309 g/mol. The third-order valence-corrected chi connectivity index (χ3v) is 3.22. The molecule has 21 heavy (non-hydrogen) atoms.